The number of carbonyl (C=O) groups excluding carboxylic acids is 1. The van der Waals surface area contributed by atoms with Crippen LogP contribution in [0, 0.1) is 0 Å². The number of amides is 1. The lowest BCUT2D eigenvalue weighted by atomic mass is 9.97. The van der Waals surface area contributed by atoms with E-state index in [0.717, 1.165) is 16.1 Å². The second-order valence-electron chi connectivity index (χ2n) is 8.98. The molecule has 1 amide bonds. The van der Waals surface area contributed by atoms with E-state index in [9.17, 15) is 18.0 Å². The highest BCUT2D eigenvalue weighted by Crippen LogP contribution is 2.33. The monoisotopic (exact) mass is 495 g/mol. The van der Waals surface area contributed by atoms with Gasteiger partial charge in [0.05, 0.1) is 11.7 Å². The summed E-state index contributed by atoms with van der Waals surface area (Å²) < 4.78 is 40.4. The molecule has 0 radical (unpaired) electrons. The van der Waals surface area contributed by atoms with Crippen molar-refractivity contribution in [2.75, 3.05) is 16.1 Å². The molecule has 3 aromatic rings. The predicted molar refractivity (Wildman–Crippen MR) is 137 cm³/mol. The van der Waals surface area contributed by atoms with Gasteiger partial charge in [-0.2, -0.15) is 18.3 Å². The summed E-state index contributed by atoms with van der Waals surface area (Å²) in [5.74, 6) is -0.592. The van der Waals surface area contributed by atoms with Gasteiger partial charge in [0, 0.05) is 23.8 Å². The molecule has 36 heavy (non-hydrogen) atoms. The van der Waals surface area contributed by atoms with Crippen LogP contribution in [0.3, 0.4) is 0 Å². The molecule has 0 spiro atoms. The molecule has 188 valence electrons. The number of hydrogen-bond donors (Lipinski definition) is 3. The van der Waals surface area contributed by atoms with Crippen molar-refractivity contribution in [2.24, 2.45) is 5.10 Å². The zero-order chi connectivity index (χ0) is 25.9. The van der Waals surface area contributed by atoms with Gasteiger partial charge in [0.15, 0.2) is 0 Å². The Morgan fingerprint density at radius 2 is 1.69 bits per heavy atom. The average Bonchev–Trinajstić information content (AvgIpc) is 3.30. The summed E-state index contributed by atoms with van der Waals surface area (Å²) in [4.78, 5) is 13.2. The van der Waals surface area contributed by atoms with Crippen LogP contribution in [0.25, 0.3) is 0 Å². The lowest BCUT2D eigenvalue weighted by molar-refractivity contribution is -0.117. The summed E-state index contributed by atoms with van der Waals surface area (Å²) in [6, 6.07) is 22.4. The van der Waals surface area contributed by atoms with Crippen LogP contribution in [0.4, 0.5) is 30.2 Å². The topological polar surface area (TPSA) is 82.8 Å². The molecule has 1 aliphatic heterocycles. The first-order valence-corrected chi connectivity index (χ1v) is 11.6. The van der Waals surface area contributed by atoms with Gasteiger partial charge in [-0.15, -0.1) is 0 Å². The Labute approximate surface area is 208 Å². The van der Waals surface area contributed by atoms with Crippen LogP contribution in [0.2, 0.25) is 0 Å². The van der Waals surface area contributed by atoms with E-state index in [1.807, 2.05) is 62.4 Å². The van der Waals surface area contributed by atoms with Gasteiger partial charge in [0.2, 0.25) is 5.91 Å². The molecule has 0 fully saturated rings. The molecule has 0 aliphatic carbocycles. The molecular formula is C27H28F3N5O. The first-order valence-electron chi connectivity index (χ1n) is 11.6. The van der Waals surface area contributed by atoms with E-state index in [1.54, 1.807) is 24.3 Å². The van der Waals surface area contributed by atoms with Crippen molar-refractivity contribution in [1.29, 1.82) is 0 Å². The summed E-state index contributed by atoms with van der Waals surface area (Å²) in [6.07, 6.45) is -5.20. The minimum Gasteiger partial charge on any atom is -0.399 e. The van der Waals surface area contributed by atoms with Gasteiger partial charge in [-0.1, -0.05) is 48.5 Å². The summed E-state index contributed by atoms with van der Waals surface area (Å²) in [5.41, 5.74) is 7.94. The van der Waals surface area contributed by atoms with Gasteiger partial charge in [-0.25, -0.2) is 0 Å². The van der Waals surface area contributed by atoms with Gasteiger partial charge < -0.3 is 16.4 Å². The molecule has 3 aromatic carbocycles. The molecular weight excluding hydrogens is 467 g/mol. The number of hydrazone groups is 1. The minimum absolute atomic E-state index is 0.126. The van der Waals surface area contributed by atoms with Crippen molar-refractivity contribution in [3.63, 3.8) is 0 Å². The molecule has 0 saturated heterocycles. The molecule has 2 atom stereocenters. The lowest BCUT2D eigenvalue weighted by Gasteiger charge is -2.24. The van der Waals surface area contributed by atoms with Gasteiger partial charge in [-0.05, 0) is 55.3 Å². The maximum absolute atomic E-state index is 13.5. The van der Waals surface area contributed by atoms with E-state index < -0.39 is 30.3 Å². The second-order valence-corrected chi connectivity index (χ2v) is 8.98. The first kappa shape index (κ1) is 25.2. The summed E-state index contributed by atoms with van der Waals surface area (Å²) in [7, 11) is 0. The van der Waals surface area contributed by atoms with Crippen molar-refractivity contribution < 1.29 is 18.0 Å². The van der Waals surface area contributed by atoms with Crippen LogP contribution in [0.15, 0.2) is 84.0 Å². The Morgan fingerprint density at radius 1 is 1.00 bits per heavy atom. The van der Waals surface area contributed by atoms with Crippen LogP contribution < -0.4 is 21.4 Å². The number of alkyl halides is 3. The molecule has 4 rings (SSSR count). The number of nitrogens with two attached hydrogens (primary N) is 1. The number of halogens is 3. The minimum atomic E-state index is -4.64. The van der Waals surface area contributed by atoms with Crippen molar-refractivity contribution in [3.05, 3.63) is 90.0 Å². The highest BCUT2D eigenvalue weighted by molar-refractivity contribution is 6.04. The zero-order valence-corrected chi connectivity index (χ0v) is 20.0. The van der Waals surface area contributed by atoms with Crippen molar-refractivity contribution in [1.82, 2.24) is 5.32 Å². The van der Waals surface area contributed by atoms with Crippen LogP contribution in [-0.4, -0.2) is 29.9 Å². The number of carbonyl (C=O) groups is 1. The number of anilines is 3. The fraction of sp³-hybridized carbons (Fsp3) is 0.259. The molecule has 0 bridgehead atoms. The third-order valence-corrected chi connectivity index (χ3v) is 5.80. The Hall–Kier alpha value is -3.85. The van der Waals surface area contributed by atoms with Crippen LogP contribution in [0.5, 0.6) is 0 Å². The summed E-state index contributed by atoms with van der Waals surface area (Å²) in [5, 5.41) is 11.1. The quantitative estimate of drug-likeness (QED) is 0.379. The van der Waals surface area contributed by atoms with Crippen molar-refractivity contribution in [3.8, 4) is 0 Å². The largest absolute Gasteiger partial charge is 0.431 e. The van der Waals surface area contributed by atoms with Gasteiger partial charge in [0.1, 0.15) is 11.8 Å². The summed E-state index contributed by atoms with van der Waals surface area (Å²) >= 11 is 0. The number of rotatable bonds is 7. The predicted octanol–water partition coefficient (Wildman–Crippen LogP) is 5.49. The van der Waals surface area contributed by atoms with E-state index in [2.05, 4.69) is 15.7 Å². The van der Waals surface area contributed by atoms with Crippen LogP contribution >= 0.6 is 0 Å². The number of benzene rings is 3. The van der Waals surface area contributed by atoms with Crippen LogP contribution in [-0.2, 0) is 4.79 Å². The number of nitrogens with one attached hydrogen (secondary N) is 2. The Morgan fingerprint density at radius 3 is 2.36 bits per heavy atom. The SMILES string of the molecule is CC(C)NC(c1ccccc1)c1cccc(NC(=O)C2CC(C(F)(F)F)=NN2c2cccc(N)c2)c1. The van der Waals surface area contributed by atoms with E-state index in [-0.39, 0.29) is 12.1 Å². The maximum atomic E-state index is 13.5. The van der Waals surface area contributed by atoms with E-state index in [4.69, 9.17) is 5.73 Å². The van der Waals surface area contributed by atoms with Crippen molar-refractivity contribution >= 4 is 28.7 Å². The molecule has 6 nitrogen and oxygen atoms in total. The molecule has 1 aliphatic rings. The third-order valence-electron chi connectivity index (χ3n) is 5.80. The van der Waals surface area contributed by atoms with Gasteiger partial charge >= 0.3 is 6.18 Å². The standard InChI is InChI=1S/C27H28F3N5O/c1-17(2)32-25(18-8-4-3-5-9-18)19-10-6-12-21(14-19)33-26(36)23-16-24(27(28,29)30)34-35(23)22-13-7-11-20(31)15-22/h3-15,17,23,25,32H,16,31H2,1-2H3,(H,33,36). The van der Waals surface area contributed by atoms with Gasteiger partial charge in [-0.3, -0.25) is 9.80 Å². The smallest absolute Gasteiger partial charge is 0.399 e. The van der Waals surface area contributed by atoms with Gasteiger partial charge in [0.25, 0.3) is 0 Å². The normalized spacial score (nSPS) is 16.7. The van der Waals surface area contributed by atoms with E-state index >= 15 is 0 Å². The molecule has 9 heteroatoms. The summed E-state index contributed by atoms with van der Waals surface area (Å²) in [6.45, 7) is 4.09. The fourth-order valence-corrected chi connectivity index (χ4v) is 4.18. The zero-order valence-electron chi connectivity index (χ0n) is 20.0. The molecule has 1 heterocycles. The molecule has 4 N–H and O–H groups in total. The van der Waals surface area contributed by atoms with Crippen molar-refractivity contribution in [2.45, 2.75) is 44.6 Å². The Balaban J connectivity index is 1.60. The number of hydrogen-bond acceptors (Lipinski definition) is 5. The maximum Gasteiger partial charge on any atom is 0.431 e. The van der Waals surface area contributed by atoms with Crippen LogP contribution in [0.1, 0.15) is 37.4 Å². The third kappa shape index (κ3) is 5.85. The lowest BCUT2D eigenvalue weighted by Crippen LogP contribution is -2.39. The highest BCUT2D eigenvalue weighted by Gasteiger charge is 2.45. The number of nitrogens with zero attached hydrogens (tertiary/aromatic N) is 2. The molecule has 2 unspecified atom stereocenters. The van der Waals surface area contributed by atoms with E-state index in [1.165, 1.54) is 6.07 Å². The van der Waals surface area contributed by atoms with E-state index in [0.29, 0.717) is 17.1 Å². The fourth-order valence-electron chi connectivity index (χ4n) is 4.18. The number of nitrogen functional groups attached to an aromatic ring is 1. The first-order chi connectivity index (χ1) is 17.1. The Bertz CT molecular complexity index is 1240. The highest BCUT2D eigenvalue weighted by atomic mass is 19.4. The molecule has 0 saturated carbocycles. The molecule has 0 aromatic heterocycles. The Kier molecular flexibility index (Phi) is 7.30. The average molecular weight is 496 g/mol. The second kappa shape index (κ2) is 10.4.